The first-order chi connectivity index (χ1) is 10.1. The van der Waals surface area contributed by atoms with Crippen LogP contribution in [-0.2, 0) is 21.4 Å². The highest BCUT2D eigenvalue weighted by atomic mass is 16.2. The summed E-state index contributed by atoms with van der Waals surface area (Å²) in [5.41, 5.74) is 0. The first-order valence-corrected chi connectivity index (χ1v) is 7.21. The van der Waals surface area contributed by atoms with Gasteiger partial charge in [-0.2, -0.15) is 5.10 Å². The fourth-order valence-corrected chi connectivity index (χ4v) is 3.19. The molecule has 2 aliphatic rings. The summed E-state index contributed by atoms with van der Waals surface area (Å²) in [6.07, 6.45) is 5.18. The first-order valence-electron chi connectivity index (χ1n) is 7.21. The Morgan fingerprint density at radius 3 is 2.43 bits per heavy atom. The second-order valence-electron chi connectivity index (χ2n) is 5.68. The second kappa shape index (κ2) is 5.31. The summed E-state index contributed by atoms with van der Waals surface area (Å²) >= 11 is 0. The van der Waals surface area contributed by atoms with Gasteiger partial charge in [-0.3, -0.25) is 24.0 Å². The molecule has 0 bridgehead atoms. The van der Waals surface area contributed by atoms with Crippen molar-refractivity contribution in [3.05, 3.63) is 12.3 Å². The molecular weight excluding hydrogens is 272 g/mol. The zero-order valence-corrected chi connectivity index (χ0v) is 11.9. The maximum absolute atomic E-state index is 12.2. The number of nitrogens with zero attached hydrogens (tertiary/aromatic N) is 3. The molecule has 0 unspecified atom stereocenters. The van der Waals surface area contributed by atoms with Gasteiger partial charge in [0.15, 0.2) is 5.82 Å². The van der Waals surface area contributed by atoms with Crippen LogP contribution in [0.1, 0.15) is 25.7 Å². The predicted molar refractivity (Wildman–Crippen MR) is 74.0 cm³/mol. The Labute approximate surface area is 122 Å². The van der Waals surface area contributed by atoms with Crippen LogP contribution in [0.5, 0.6) is 0 Å². The third-order valence-corrected chi connectivity index (χ3v) is 4.22. The average Bonchev–Trinajstić information content (AvgIpc) is 2.97. The molecule has 0 aromatic carbocycles. The molecule has 1 aromatic heterocycles. The summed E-state index contributed by atoms with van der Waals surface area (Å²) in [6.45, 7) is -0.221. The van der Waals surface area contributed by atoms with Crippen molar-refractivity contribution < 1.29 is 14.4 Å². The van der Waals surface area contributed by atoms with E-state index in [1.54, 1.807) is 24.0 Å². The van der Waals surface area contributed by atoms with E-state index in [2.05, 4.69) is 10.4 Å². The molecule has 21 heavy (non-hydrogen) atoms. The molecule has 1 saturated carbocycles. The van der Waals surface area contributed by atoms with Crippen LogP contribution in [-0.4, -0.2) is 38.9 Å². The number of hydrogen-bond acceptors (Lipinski definition) is 4. The number of carbonyl (C=O) groups excluding carboxylic acids is 3. The largest absolute Gasteiger partial charge is 0.308 e. The lowest BCUT2D eigenvalue weighted by Gasteiger charge is -2.19. The summed E-state index contributed by atoms with van der Waals surface area (Å²) in [6, 6.07) is 1.66. The first kappa shape index (κ1) is 13.8. The minimum atomic E-state index is -0.394. The monoisotopic (exact) mass is 290 g/mol. The molecule has 1 aliphatic carbocycles. The van der Waals surface area contributed by atoms with E-state index in [1.807, 2.05) is 0 Å². The summed E-state index contributed by atoms with van der Waals surface area (Å²) < 4.78 is 1.57. The van der Waals surface area contributed by atoms with E-state index in [0.29, 0.717) is 5.82 Å². The highest BCUT2D eigenvalue weighted by Gasteiger charge is 2.48. The van der Waals surface area contributed by atoms with E-state index in [0.717, 1.165) is 30.6 Å². The lowest BCUT2D eigenvalue weighted by Crippen LogP contribution is -2.38. The smallest absolute Gasteiger partial charge is 0.245 e. The Balaban J connectivity index is 1.65. The number of carbonyl (C=O) groups is 3. The molecule has 0 spiro atoms. The predicted octanol–water partition coefficient (Wildman–Crippen LogP) is 0.534. The lowest BCUT2D eigenvalue weighted by atomic mass is 9.81. The van der Waals surface area contributed by atoms with Crippen LogP contribution in [0.4, 0.5) is 5.82 Å². The van der Waals surface area contributed by atoms with E-state index in [9.17, 15) is 14.4 Å². The molecule has 2 atom stereocenters. The van der Waals surface area contributed by atoms with Gasteiger partial charge in [0.05, 0.1) is 11.8 Å². The highest BCUT2D eigenvalue weighted by molar-refractivity contribution is 6.08. The van der Waals surface area contributed by atoms with Crippen molar-refractivity contribution in [2.45, 2.75) is 25.7 Å². The molecule has 7 heteroatoms. The third kappa shape index (κ3) is 2.55. The number of nitrogens with one attached hydrogen (secondary N) is 1. The number of amides is 3. The van der Waals surface area contributed by atoms with Gasteiger partial charge in [0.1, 0.15) is 6.54 Å². The van der Waals surface area contributed by atoms with Gasteiger partial charge in [-0.1, -0.05) is 12.8 Å². The van der Waals surface area contributed by atoms with Gasteiger partial charge in [0, 0.05) is 19.3 Å². The maximum Gasteiger partial charge on any atom is 0.245 e. The van der Waals surface area contributed by atoms with Crippen LogP contribution < -0.4 is 5.32 Å². The van der Waals surface area contributed by atoms with Crippen molar-refractivity contribution in [2.24, 2.45) is 18.9 Å². The molecule has 2 heterocycles. The molecule has 1 N–H and O–H groups in total. The fraction of sp³-hybridized carbons (Fsp3) is 0.571. The van der Waals surface area contributed by atoms with Crippen molar-refractivity contribution in [2.75, 3.05) is 11.9 Å². The van der Waals surface area contributed by atoms with Crippen LogP contribution in [0.3, 0.4) is 0 Å². The number of fused-ring (bicyclic) bond motifs is 1. The number of rotatable bonds is 3. The van der Waals surface area contributed by atoms with Crippen LogP contribution in [0.15, 0.2) is 12.3 Å². The number of imide groups is 1. The number of aromatic nitrogens is 2. The Morgan fingerprint density at radius 1 is 1.29 bits per heavy atom. The zero-order valence-electron chi connectivity index (χ0n) is 11.9. The van der Waals surface area contributed by atoms with E-state index >= 15 is 0 Å². The van der Waals surface area contributed by atoms with Crippen LogP contribution in [0, 0.1) is 11.8 Å². The standard InChI is InChI=1S/C14H18N4O3/c1-17-7-6-11(16-17)15-12(19)8-18-13(20)9-4-2-3-5-10(9)14(18)21/h6-7,9-10H,2-5,8H2,1H3,(H,15,16,19)/t9-,10-/m0/s1. The summed E-state index contributed by atoms with van der Waals surface area (Å²) in [5, 5.41) is 6.63. The lowest BCUT2D eigenvalue weighted by molar-refractivity contribution is -0.142. The minimum absolute atomic E-state index is 0.194. The number of aryl methyl sites for hydroxylation is 1. The molecule has 3 amide bonds. The molecule has 2 fully saturated rings. The van der Waals surface area contributed by atoms with Gasteiger partial charge >= 0.3 is 0 Å². The van der Waals surface area contributed by atoms with E-state index in [1.165, 1.54) is 0 Å². The molecule has 1 aliphatic heterocycles. The zero-order chi connectivity index (χ0) is 15.0. The Hall–Kier alpha value is -2.18. The van der Waals surface area contributed by atoms with Crippen molar-refractivity contribution in [1.29, 1.82) is 0 Å². The normalized spacial score (nSPS) is 25.1. The Morgan fingerprint density at radius 2 is 1.90 bits per heavy atom. The van der Waals surface area contributed by atoms with E-state index in [-0.39, 0.29) is 30.2 Å². The van der Waals surface area contributed by atoms with Crippen molar-refractivity contribution in [1.82, 2.24) is 14.7 Å². The second-order valence-corrected chi connectivity index (χ2v) is 5.68. The van der Waals surface area contributed by atoms with Gasteiger partial charge in [0.25, 0.3) is 0 Å². The minimum Gasteiger partial charge on any atom is -0.308 e. The third-order valence-electron chi connectivity index (χ3n) is 4.22. The number of likely N-dealkylation sites (tertiary alicyclic amines) is 1. The van der Waals surface area contributed by atoms with Gasteiger partial charge in [-0.15, -0.1) is 0 Å². The molecule has 7 nitrogen and oxygen atoms in total. The topological polar surface area (TPSA) is 84.3 Å². The van der Waals surface area contributed by atoms with Crippen molar-refractivity contribution in [3.8, 4) is 0 Å². The average molecular weight is 290 g/mol. The number of anilines is 1. The summed E-state index contributed by atoms with van der Waals surface area (Å²) in [4.78, 5) is 37.6. The highest BCUT2D eigenvalue weighted by Crippen LogP contribution is 2.37. The van der Waals surface area contributed by atoms with E-state index < -0.39 is 5.91 Å². The number of hydrogen-bond donors (Lipinski definition) is 1. The molecule has 3 rings (SSSR count). The Bertz CT molecular complexity index is 571. The van der Waals surface area contributed by atoms with Crippen LogP contribution in [0.2, 0.25) is 0 Å². The molecule has 1 saturated heterocycles. The quantitative estimate of drug-likeness (QED) is 0.823. The van der Waals surface area contributed by atoms with Crippen LogP contribution >= 0.6 is 0 Å². The van der Waals surface area contributed by atoms with Gasteiger partial charge < -0.3 is 5.32 Å². The van der Waals surface area contributed by atoms with Gasteiger partial charge in [0.2, 0.25) is 17.7 Å². The van der Waals surface area contributed by atoms with Crippen molar-refractivity contribution >= 4 is 23.5 Å². The molecular formula is C14H18N4O3. The molecule has 1 aromatic rings. The summed E-state index contributed by atoms with van der Waals surface area (Å²) in [7, 11) is 1.74. The molecule has 112 valence electrons. The fourth-order valence-electron chi connectivity index (χ4n) is 3.19. The summed E-state index contributed by atoms with van der Waals surface area (Å²) in [5.74, 6) is -0.794. The van der Waals surface area contributed by atoms with E-state index in [4.69, 9.17) is 0 Å². The Kier molecular flexibility index (Phi) is 3.48. The van der Waals surface area contributed by atoms with Crippen LogP contribution in [0.25, 0.3) is 0 Å². The molecule has 0 radical (unpaired) electrons. The SMILES string of the molecule is Cn1ccc(NC(=O)CN2C(=O)[C@H]3CCCC[C@@H]3C2=O)n1. The maximum atomic E-state index is 12.2. The van der Waals surface area contributed by atoms with Gasteiger partial charge in [-0.25, -0.2) is 0 Å². The van der Waals surface area contributed by atoms with Gasteiger partial charge in [-0.05, 0) is 12.8 Å². The van der Waals surface area contributed by atoms with Crippen molar-refractivity contribution in [3.63, 3.8) is 0 Å².